The lowest BCUT2D eigenvalue weighted by Crippen LogP contribution is -2.31. The molecular formula is C22H18ClN5O3S. The number of Topliss-reactive ketones (excluding diaryl/α,β-unsaturated/α-hetero) is 1. The Kier molecular flexibility index (Phi) is 5.44. The molecule has 10 heteroatoms. The van der Waals surface area contributed by atoms with Crippen LogP contribution in [0.5, 0.6) is 0 Å². The van der Waals surface area contributed by atoms with Gasteiger partial charge in [0.2, 0.25) is 11.1 Å². The first kappa shape index (κ1) is 20.7. The molecule has 0 spiro atoms. The molecule has 2 heterocycles. The van der Waals surface area contributed by atoms with Gasteiger partial charge in [-0.1, -0.05) is 53.7 Å². The van der Waals surface area contributed by atoms with Crippen LogP contribution in [0.4, 0.5) is 11.6 Å². The molecule has 2 aromatic carbocycles. The van der Waals surface area contributed by atoms with Crippen molar-refractivity contribution in [2.24, 2.45) is 0 Å². The Morgan fingerprint density at radius 3 is 2.78 bits per heavy atom. The third kappa shape index (κ3) is 3.67. The molecule has 162 valence electrons. The van der Waals surface area contributed by atoms with E-state index in [9.17, 15) is 14.9 Å². The van der Waals surface area contributed by atoms with E-state index < -0.39 is 11.0 Å². The predicted octanol–water partition coefficient (Wildman–Crippen LogP) is 5.15. The molecular weight excluding hydrogens is 450 g/mol. The molecule has 32 heavy (non-hydrogen) atoms. The summed E-state index contributed by atoms with van der Waals surface area (Å²) < 4.78 is 1.60. The number of aromatic nitrogens is 3. The highest BCUT2D eigenvalue weighted by Crippen LogP contribution is 2.43. The molecule has 1 aliphatic carbocycles. The van der Waals surface area contributed by atoms with Crippen LogP contribution < -0.4 is 5.32 Å². The van der Waals surface area contributed by atoms with Crippen LogP contribution in [0.3, 0.4) is 0 Å². The first-order valence-electron chi connectivity index (χ1n) is 10.1. The molecule has 3 aromatic rings. The largest absolute Gasteiger partial charge is 0.328 e. The Morgan fingerprint density at radius 2 is 1.97 bits per heavy atom. The highest BCUT2D eigenvalue weighted by atomic mass is 35.5. The molecule has 8 nitrogen and oxygen atoms in total. The molecule has 0 fully saturated rings. The number of ketones is 1. The number of nitro groups is 1. The van der Waals surface area contributed by atoms with Gasteiger partial charge in [0.15, 0.2) is 5.78 Å². The van der Waals surface area contributed by atoms with E-state index in [0.29, 0.717) is 45.9 Å². The number of nitro benzene ring substituents is 1. The molecule has 0 unspecified atom stereocenters. The number of rotatable bonds is 5. The maximum atomic E-state index is 12.9. The summed E-state index contributed by atoms with van der Waals surface area (Å²) in [5.41, 5.74) is 2.65. The summed E-state index contributed by atoms with van der Waals surface area (Å²) in [7, 11) is 0. The van der Waals surface area contributed by atoms with Gasteiger partial charge in [0.25, 0.3) is 5.69 Å². The highest BCUT2D eigenvalue weighted by Gasteiger charge is 2.39. The van der Waals surface area contributed by atoms with Crippen LogP contribution in [0.15, 0.2) is 65.0 Å². The molecule has 0 amide bonds. The minimum atomic E-state index is -0.696. The average molecular weight is 468 g/mol. The van der Waals surface area contributed by atoms with Crippen molar-refractivity contribution in [3.05, 3.63) is 86.1 Å². The van der Waals surface area contributed by atoms with Gasteiger partial charge in [0, 0.05) is 34.5 Å². The normalized spacial score (nSPS) is 17.5. The summed E-state index contributed by atoms with van der Waals surface area (Å²) in [6.07, 6.45) is 1.83. The van der Waals surface area contributed by atoms with E-state index in [1.807, 2.05) is 24.3 Å². The van der Waals surface area contributed by atoms with Gasteiger partial charge in [0.1, 0.15) is 6.04 Å². The fraction of sp³-hybridized carbons (Fsp3) is 0.227. The highest BCUT2D eigenvalue weighted by molar-refractivity contribution is 7.98. The third-order valence-electron chi connectivity index (χ3n) is 5.59. The van der Waals surface area contributed by atoms with Crippen molar-refractivity contribution in [3.8, 4) is 0 Å². The van der Waals surface area contributed by atoms with E-state index in [4.69, 9.17) is 11.6 Å². The first-order chi connectivity index (χ1) is 15.5. The van der Waals surface area contributed by atoms with Gasteiger partial charge in [-0.15, -0.1) is 5.10 Å². The zero-order valence-electron chi connectivity index (χ0n) is 16.8. The minimum Gasteiger partial charge on any atom is -0.328 e. The van der Waals surface area contributed by atoms with Gasteiger partial charge in [-0.3, -0.25) is 14.9 Å². The molecule has 0 radical (unpaired) electrons. The number of carbonyl (C=O) groups excluding carboxylic acids is 1. The second-order valence-corrected chi connectivity index (χ2v) is 8.90. The zero-order chi connectivity index (χ0) is 22.2. The number of allylic oxidation sites excluding steroid dienone is 2. The first-order valence-corrected chi connectivity index (χ1v) is 11.5. The quantitative estimate of drug-likeness (QED) is 0.314. The van der Waals surface area contributed by atoms with Crippen molar-refractivity contribution in [2.75, 3.05) is 5.32 Å². The second-order valence-electron chi connectivity index (χ2n) is 7.56. The number of nitrogens with one attached hydrogen (secondary N) is 1. The maximum absolute atomic E-state index is 12.9. The van der Waals surface area contributed by atoms with E-state index in [0.717, 1.165) is 17.7 Å². The van der Waals surface area contributed by atoms with Crippen LogP contribution in [0.1, 0.15) is 36.4 Å². The number of anilines is 1. The molecule has 1 aromatic heterocycles. The zero-order valence-corrected chi connectivity index (χ0v) is 18.4. The molecule has 2 aliphatic rings. The van der Waals surface area contributed by atoms with Gasteiger partial charge in [0.05, 0.1) is 10.5 Å². The van der Waals surface area contributed by atoms with Gasteiger partial charge in [-0.25, -0.2) is 4.68 Å². The molecule has 0 saturated heterocycles. The lowest BCUT2D eigenvalue weighted by atomic mass is 9.85. The second kappa shape index (κ2) is 8.40. The Hall–Kier alpha value is -3.17. The van der Waals surface area contributed by atoms with Gasteiger partial charge >= 0.3 is 0 Å². The topological polar surface area (TPSA) is 103 Å². The molecule has 1 aliphatic heterocycles. The van der Waals surface area contributed by atoms with Crippen molar-refractivity contribution in [1.82, 2.24) is 14.8 Å². The van der Waals surface area contributed by atoms with Crippen LogP contribution in [0.25, 0.3) is 0 Å². The number of hydrogen-bond donors (Lipinski definition) is 1. The van der Waals surface area contributed by atoms with Crippen LogP contribution in [-0.4, -0.2) is 25.5 Å². The number of halogens is 1. The summed E-state index contributed by atoms with van der Waals surface area (Å²) in [5, 5.41) is 20.8. The van der Waals surface area contributed by atoms with Crippen molar-refractivity contribution in [3.63, 3.8) is 0 Å². The molecule has 5 rings (SSSR count). The SMILES string of the molecule is O=C1CCCC2=C1[C@H](c1ccccc1[N+](=O)[O-])n1nc(SCc3ccccc3Cl)nc1N2. The number of nitrogens with zero attached hydrogens (tertiary/aromatic N) is 4. The number of para-hydroxylation sites is 1. The maximum Gasteiger partial charge on any atom is 0.275 e. The number of benzene rings is 2. The monoisotopic (exact) mass is 467 g/mol. The Morgan fingerprint density at radius 1 is 1.19 bits per heavy atom. The summed E-state index contributed by atoms with van der Waals surface area (Å²) in [6.45, 7) is 0. The van der Waals surface area contributed by atoms with Gasteiger partial charge in [-0.2, -0.15) is 4.98 Å². The predicted molar refractivity (Wildman–Crippen MR) is 122 cm³/mol. The molecule has 1 N–H and O–H groups in total. The Labute approximate surface area is 192 Å². The molecule has 0 saturated carbocycles. The number of thioether (sulfide) groups is 1. The number of hydrogen-bond acceptors (Lipinski definition) is 7. The fourth-order valence-electron chi connectivity index (χ4n) is 4.13. The van der Waals surface area contributed by atoms with Crippen LogP contribution in [0.2, 0.25) is 5.02 Å². The van der Waals surface area contributed by atoms with Crippen molar-refractivity contribution >= 4 is 40.8 Å². The van der Waals surface area contributed by atoms with E-state index >= 15 is 0 Å². The van der Waals surface area contributed by atoms with Gasteiger partial charge in [-0.05, 0) is 30.5 Å². The Balaban J connectivity index is 1.57. The molecule has 1 atom stereocenters. The smallest absolute Gasteiger partial charge is 0.275 e. The van der Waals surface area contributed by atoms with Crippen LogP contribution in [-0.2, 0) is 10.5 Å². The minimum absolute atomic E-state index is 0.0201. The van der Waals surface area contributed by atoms with Gasteiger partial charge < -0.3 is 5.32 Å². The average Bonchev–Trinajstić information content (AvgIpc) is 3.20. The van der Waals surface area contributed by atoms with Crippen LogP contribution in [0, 0.1) is 10.1 Å². The fourth-order valence-corrected chi connectivity index (χ4v) is 5.24. The van der Waals surface area contributed by atoms with E-state index in [1.54, 1.807) is 22.9 Å². The molecule has 0 bridgehead atoms. The summed E-state index contributed by atoms with van der Waals surface area (Å²) in [6, 6.07) is 13.4. The summed E-state index contributed by atoms with van der Waals surface area (Å²) in [4.78, 5) is 28.8. The summed E-state index contributed by atoms with van der Waals surface area (Å²) >= 11 is 7.68. The lowest BCUT2D eigenvalue weighted by molar-refractivity contribution is -0.385. The van der Waals surface area contributed by atoms with Crippen molar-refractivity contribution in [1.29, 1.82) is 0 Å². The van der Waals surface area contributed by atoms with E-state index in [2.05, 4.69) is 15.4 Å². The van der Waals surface area contributed by atoms with Crippen molar-refractivity contribution < 1.29 is 9.72 Å². The standard InChI is InChI=1S/C22H18ClN5O3S/c23-15-8-3-1-6-13(15)12-32-22-25-21-24-16-9-5-11-18(29)19(16)20(27(21)26-22)14-7-2-4-10-17(14)28(30)31/h1-4,6-8,10,20H,5,9,11-12H2,(H,24,25,26)/t20-/m0/s1. The summed E-state index contributed by atoms with van der Waals surface area (Å²) in [5.74, 6) is 1.03. The van der Waals surface area contributed by atoms with Crippen molar-refractivity contribution in [2.45, 2.75) is 36.2 Å². The van der Waals surface area contributed by atoms with E-state index in [-0.39, 0.29) is 11.5 Å². The lowest BCUT2D eigenvalue weighted by Gasteiger charge is -2.31. The third-order valence-corrected chi connectivity index (χ3v) is 6.85. The van der Waals surface area contributed by atoms with Crippen LogP contribution >= 0.6 is 23.4 Å². The number of carbonyl (C=O) groups is 1. The van der Waals surface area contributed by atoms with E-state index in [1.165, 1.54) is 17.8 Å². The number of fused-ring (bicyclic) bond motifs is 1. The Bertz CT molecular complexity index is 1270.